The van der Waals surface area contributed by atoms with Crippen molar-refractivity contribution in [2.45, 2.75) is 57.4 Å². The van der Waals surface area contributed by atoms with Crippen molar-refractivity contribution < 1.29 is 14.4 Å². The summed E-state index contributed by atoms with van der Waals surface area (Å²) in [6.45, 7) is 0.622. The molecule has 154 valence electrons. The van der Waals surface area contributed by atoms with Crippen molar-refractivity contribution in [1.82, 2.24) is 20.7 Å². The van der Waals surface area contributed by atoms with Crippen LogP contribution in [0.2, 0.25) is 0 Å². The van der Waals surface area contributed by atoms with Crippen LogP contribution in [0.4, 0.5) is 0 Å². The molecule has 7 nitrogen and oxygen atoms in total. The average Bonchev–Trinajstić information content (AvgIpc) is 3.40. The summed E-state index contributed by atoms with van der Waals surface area (Å²) in [6.07, 6.45) is 8.65. The van der Waals surface area contributed by atoms with Crippen LogP contribution in [0, 0.1) is 5.92 Å². The van der Waals surface area contributed by atoms with Crippen molar-refractivity contribution in [2.75, 3.05) is 6.54 Å². The molecule has 2 aromatic rings. The van der Waals surface area contributed by atoms with Gasteiger partial charge in [0.1, 0.15) is 6.04 Å². The van der Waals surface area contributed by atoms with Gasteiger partial charge < -0.3 is 9.88 Å². The van der Waals surface area contributed by atoms with Gasteiger partial charge in [-0.1, -0.05) is 37.5 Å². The number of rotatable bonds is 4. The van der Waals surface area contributed by atoms with E-state index in [1.54, 1.807) is 4.90 Å². The van der Waals surface area contributed by atoms with Gasteiger partial charge in [-0.25, -0.2) is 0 Å². The minimum atomic E-state index is -0.488. The van der Waals surface area contributed by atoms with Crippen LogP contribution in [0.15, 0.2) is 30.5 Å². The van der Waals surface area contributed by atoms with Gasteiger partial charge in [0.15, 0.2) is 0 Å². The first-order valence-electron chi connectivity index (χ1n) is 10.6. The number of likely N-dealkylation sites (tertiary alicyclic amines) is 1. The Labute approximate surface area is 170 Å². The van der Waals surface area contributed by atoms with E-state index in [0.717, 1.165) is 48.6 Å². The molecule has 0 unspecified atom stereocenters. The van der Waals surface area contributed by atoms with E-state index in [9.17, 15) is 14.4 Å². The second-order valence-corrected chi connectivity index (χ2v) is 8.10. The number of benzene rings is 1. The predicted octanol–water partition coefficient (Wildman–Crippen LogP) is 2.43. The van der Waals surface area contributed by atoms with E-state index in [0.29, 0.717) is 13.0 Å². The molecule has 1 atom stereocenters. The molecular weight excluding hydrogens is 368 g/mol. The first kappa shape index (κ1) is 19.5. The third kappa shape index (κ3) is 4.28. The smallest absolute Gasteiger partial charge is 0.261 e. The van der Waals surface area contributed by atoms with Gasteiger partial charge in [-0.15, -0.1) is 0 Å². The molecule has 1 aromatic carbocycles. The average molecular weight is 396 g/mol. The fraction of sp³-hybridized carbons (Fsp3) is 0.500. The molecule has 0 bridgehead atoms. The van der Waals surface area contributed by atoms with Crippen molar-refractivity contribution in [2.24, 2.45) is 5.92 Å². The number of hydrogen-bond donors (Lipinski definition) is 3. The SMILES string of the molecule is O=C(Cc1c[nH]c2ccccc12)NNC(=O)[C@@H]1CCCN1C(=O)C1CCCCC1. The Kier molecular flexibility index (Phi) is 5.83. The van der Waals surface area contributed by atoms with Crippen molar-refractivity contribution in [3.63, 3.8) is 0 Å². The first-order valence-corrected chi connectivity index (χ1v) is 10.6. The van der Waals surface area contributed by atoms with Crippen LogP contribution in [-0.2, 0) is 20.8 Å². The number of H-pyrrole nitrogens is 1. The third-order valence-corrected chi connectivity index (χ3v) is 6.14. The van der Waals surface area contributed by atoms with Crippen LogP contribution in [0.1, 0.15) is 50.5 Å². The molecule has 4 rings (SSSR count). The maximum atomic E-state index is 12.8. The molecule has 3 amide bonds. The molecular formula is C22H28N4O3. The van der Waals surface area contributed by atoms with Crippen LogP contribution in [-0.4, -0.2) is 40.2 Å². The highest BCUT2D eigenvalue weighted by atomic mass is 16.2. The van der Waals surface area contributed by atoms with Gasteiger partial charge in [-0.2, -0.15) is 0 Å². The summed E-state index contributed by atoms with van der Waals surface area (Å²) in [6, 6.07) is 7.29. The molecule has 0 radical (unpaired) electrons. The molecule has 2 heterocycles. The lowest BCUT2D eigenvalue weighted by atomic mass is 9.88. The van der Waals surface area contributed by atoms with Crippen molar-refractivity contribution in [3.8, 4) is 0 Å². The van der Waals surface area contributed by atoms with Crippen LogP contribution < -0.4 is 10.9 Å². The van der Waals surface area contributed by atoms with Crippen LogP contribution in [0.5, 0.6) is 0 Å². The van der Waals surface area contributed by atoms with E-state index in [-0.39, 0.29) is 30.1 Å². The van der Waals surface area contributed by atoms with E-state index >= 15 is 0 Å². The maximum Gasteiger partial charge on any atom is 0.261 e. The topological polar surface area (TPSA) is 94.3 Å². The van der Waals surface area contributed by atoms with Crippen LogP contribution in [0.25, 0.3) is 10.9 Å². The number of nitrogens with zero attached hydrogens (tertiary/aromatic N) is 1. The summed E-state index contributed by atoms with van der Waals surface area (Å²) >= 11 is 0. The highest BCUT2D eigenvalue weighted by Gasteiger charge is 2.37. The minimum Gasteiger partial charge on any atom is -0.361 e. The molecule has 1 aliphatic carbocycles. The van der Waals surface area contributed by atoms with Crippen LogP contribution in [0.3, 0.4) is 0 Å². The largest absolute Gasteiger partial charge is 0.361 e. The van der Waals surface area contributed by atoms with E-state index in [2.05, 4.69) is 15.8 Å². The van der Waals surface area contributed by atoms with Gasteiger partial charge >= 0.3 is 0 Å². The molecule has 3 N–H and O–H groups in total. The normalized spacial score (nSPS) is 20.0. The minimum absolute atomic E-state index is 0.0496. The Morgan fingerprint density at radius 2 is 1.79 bits per heavy atom. The van der Waals surface area contributed by atoms with Gasteiger partial charge in [0.25, 0.3) is 5.91 Å². The van der Waals surface area contributed by atoms with Crippen molar-refractivity contribution in [1.29, 1.82) is 0 Å². The molecule has 7 heteroatoms. The molecule has 1 saturated heterocycles. The van der Waals surface area contributed by atoms with E-state index < -0.39 is 6.04 Å². The zero-order chi connectivity index (χ0) is 20.2. The summed E-state index contributed by atoms with van der Waals surface area (Å²) in [5, 5.41) is 0.994. The maximum absolute atomic E-state index is 12.8. The molecule has 2 aliphatic rings. The molecule has 1 aromatic heterocycles. The summed E-state index contributed by atoms with van der Waals surface area (Å²) in [5.41, 5.74) is 6.89. The van der Waals surface area contributed by atoms with Crippen LogP contribution >= 0.6 is 0 Å². The highest BCUT2D eigenvalue weighted by molar-refractivity contribution is 5.92. The molecule has 1 saturated carbocycles. The molecule has 0 spiro atoms. The Morgan fingerprint density at radius 3 is 2.62 bits per heavy atom. The number of carbonyl (C=O) groups is 3. The number of carbonyl (C=O) groups excluding carboxylic acids is 3. The number of aromatic amines is 1. The number of hydrogen-bond acceptors (Lipinski definition) is 3. The van der Waals surface area contributed by atoms with Gasteiger partial charge in [-0.05, 0) is 37.3 Å². The van der Waals surface area contributed by atoms with E-state index in [4.69, 9.17) is 0 Å². The fourth-order valence-electron chi connectivity index (χ4n) is 4.60. The highest BCUT2D eigenvalue weighted by Crippen LogP contribution is 2.28. The second-order valence-electron chi connectivity index (χ2n) is 8.10. The monoisotopic (exact) mass is 396 g/mol. The Bertz CT molecular complexity index is 900. The first-order chi connectivity index (χ1) is 14.1. The Hall–Kier alpha value is -2.83. The molecule has 2 fully saturated rings. The predicted molar refractivity (Wildman–Crippen MR) is 110 cm³/mol. The summed E-state index contributed by atoms with van der Waals surface area (Å²) in [4.78, 5) is 42.7. The quantitative estimate of drug-likeness (QED) is 0.693. The van der Waals surface area contributed by atoms with Crippen molar-refractivity contribution >= 4 is 28.6 Å². The lowest BCUT2D eigenvalue weighted by Crippen LogP contribution is -2.52. The van der Waals surface area contributed by atoms with Gasteiger partial charge in [-0.3, -0.25) is 25.2 Å². The summed E-state index contributed by atoms with van der Waals surface area (Å²) < 4.78 is 0. The second kappa shape index (κ2) is 8.68. The zero-order valence-electron chi connectivity index (χ0n) is 16.6. The van der Waals surface area contributed by atoms with Gasteiger partial charge in [0.05, 0.1) is 6.42 Å². The van der Waals surface area contributed by atoms with Gasteiger partial charge in [0, 0.05) is 29.6 Å². The number of aromatic nitrogens is 1. The van der Waals surface area contributed by atoms with Crippen molar-refractivity contribution in [3.05, 3.63) is 36.0 Å². The lowest BCUT2D eigenvalue weighted by molar-refractivity contribution is -0.143. The number of fused-ring (bicyclic) bond motifs is 1. The standard InChI is InChI=1S/C22H28N4O3/c27-20(13-16-14-23-18-10-5-4-9-17(16)18)24-25-21(28)19-11-6-12-26(19)22(29)15-7-2-1-3-8-15/h4-5,9-10,14-15,19,23H,1-3,6-8,11-13H2,(H,24,27)(H,25,28)/t19-/m0/s1. The Morgan fingerprint density at radius 1 is 1.00 bits per heavy atom. The number of para-hydroxylation sites is 1. The molecule has 29 heavy (non-hydrogen) atoms. The number of hydrazine groups is 1. The lowest BCUT2D eigenvalue weighted by Gasteiger charge is -2.30. The fourth-order valence-corrected chi connectivity index (χ4v) is 4.60. The Balaban J connectivity index is 1.31. The summed E-state index contributed by atoms with van der Waals surface area (Å²) in [7, 11) is 0. The third-order valence-electron chi connectivity index (χ3n) is 6.14. The van der Waals surface area contributed by atoms with E-state index in [1.165, 1.54) is 6.42 Å². The summed E-state index contributed by atoms with van der Waals surface area (Å²) in [5.74, 6) is -0.439. The zero-order valence-corrected chi connectivity index (χ0v) is 16.6. The van der Waals surface area contributed by atoms with Gasteiger partial charge in [0.2, 0.25) is 11.8 Å². The van der Waals surface area contributed by atoms with E-state index in [1.807, 2.05) is 30.5 Å². The molecule has 1 aliphatic heterocycles. The number of amides is 3. The number of nitrogens with one attached hydrogen (secondary N) is 3.